The smallest absolute Gasteiger partial charge is 0.278 e. The Balaban J connectivity index is 2.31. The Morgan fingerprint density at radius 3 is 2.76 bits per heavy atom. The van der Waals surface area contributed by atoms with Crippen LogP contribution in [0.25, 0.3) is 0 Å². The number of halogens is 2. The quantitative estimate of drug-likeness (QED) is 0.912. The van der Waals surface area contributed by atoms with Gasteiger partial charge < -0.3 is 4.90 Å². The molecule has 0 spiro atoms. The Kier molecular flexibility index (Phi) is 3.31. The number of hydrogen-bond acceptors (Lipinski definition) is 3. The Morgan fingerprint density at radius 1 is 1.41 bits per heavy atom. The van der Waals surface area contributed by atoms with Crippen molar-refractivity contribution in [2.24, 2.45) is 0 Å². The molecule has 0 fully saturated rings. The summed E-state index contributed by atoms with van der Waals surface area (Å²) in [5, 5.41) is 6.99. The summed E-state index contributed by atoms with van der Waals surface area (Å²) in [5.74, 6) is -0.326. The van der Waals surface area contributed by atoms with Gasteiger partial charge in [-0.25, -0.2) is 4.98 Å². The second kappa shape index (κ2) is 4.73. The van der Waals surface area contributed by atoms with Crippen molar-refractivity contribution in [2.45, 2.75) is 0 Å². The van der Waals surface area contributed by atoms with Gasteiger partial charge in [-0.1, -0.05) is 23.2 Å². The third-order valence-corrected chi connectivity index (χ3v) is 2.68. The molecule has 0 aliphatic rings. The topological polar surface area (TPSA) is 61.9 Å². The molecule has 2 heterocycles. The van der Waals surface area contributed by atoms with Crippen molar-refractivity contribution < 1.29 is 4.79 Å². The van der Waals surface area contributed by atoms with Crippen molar-refractivity contribution in [3.05, 3.63) is 40.4 Å². The number of aromatic amines is 1. The zero-order chi connectivity index (χ0) is 12.4. The molecule has 0 saturated carbocycles. The first-order chi connectivity index (χ1) is 8.09. The van der Waals surface area contributed by atoms with Crippen LogP contribution in [0.3, 0.4) is 0 Å². The summed E-state index contributed by atoms with van der Waals surface area (Å²) in [7, 11) is 1.61. The minimum Gasteiger partial charge on any atom is -0.307 e. The first-order valence-electron chi connectivity index (χ1n) is 4.67. The highest BCUT2D eigenvalue weighted by atomic mass is 35.5. The van der Waals surface area contributed by atoms with E-state index in [9.17, 15) is 4.79 Å². The van der Waals surface area contributed by atoms with Gasteiger partial charge in [0.25, 0.3) is 5.91 Å². The fraction of sp³-hybridized carbons (Fsp3) is 0.100. The second-order valence-electron chi connectivity index (χ2n) is 3.30. The van der Waals surface area contributed by atoms with Gasteiger partial charge in [0, 0.05) is 19.4 Å². The average molecular weight is 271 g/mol. The van der Waals surface area contributed by atoms with E-state index in [1.165, 1.54) is 23.4 Å². The predicted molar refractivity (Wildman–Crippen MR) is 65.6 cm³/mol. The third kappa shape index (κ3) is 2.40. The highest BCUT2D eigenvalue weighted by Crippen LogP contribution is 2.21. The first-order valence-corrected chi connectivity index (χ1v) is 5.43. The van der Waals surface area contributed by atoms with Crippen LogP contribution in [0.5, 0.6) is 0 Å². The second-order valence-corrected chi connectivity index (χ2v) is 4.15. The number of nitrogens with zero attached hydrogens (tertiary/aromatic N) is 3. The molecule has 0 radical (unpaired) electrons. The maximum atomic E-state index is 12.1. The minimum atomic E-state index is -0.326. The van der Waals surface area contributed by atoms with Crippen LogP contribution in [-0.4, -0.2) is 28.1 Å². The molecule has 2 aromatic heterocycles. The van der Waals surface area contributed by atoms with Gasteiger partial charge in [-0.2, -0.15) is 5.10 Å². The largest absolute Gasteiger partial charge is 0.307 e. The lowest BCUT2D eigenvalue weighted by molar-refractivity contribution is 0.0988. The number of nitrogens with one attached hydrogen (secondary N) is 1. The van der Waals surface area contributed by atoms with E-state index >= 15 is 0 Å². The van der Waals surface area contributed by atoms with Crippen LogP contribution in [0.1, 0.15) is 10.5 Å². The molecular formula is C10H8Cl2N4O. The summed E-state index contributed by atoms with van der Waals surface area (Å²) in [6.45, 7) is 0. The van der Waals surface area contributed by atoms with E-state index in [4.69, 9.17) is 23.2 Å². The number of H-pyrrole nitrogens is 1. The van der Waals surface area contributed by atoms with E-state index < -0.39 is 0 Å². The third-order valence-electron chi connectivity index (χ3n) is 2.19. The lowest BCUT2D eigenvalue weighted by atomic mass is 10.3. The number of anilines is 1. The first kappa shape index (κ1) is 11.9. The van der Waals surface area contributed by atoms with Gasteiger partial charge in [0.1, 0.15) is 5.69 Å². The lowest BCUT2D eigenvalue weighted by Crippen LogP contribution is -2.27. The molecule has 0 aromatic carbocycles. The summed E-state index contributed by atoms with van der Waals surface area (Å²) in [6.07, 6.45) is 4.51. The van der Waals surface area contributed by atoms with E-state index in [2.05, 4.69) is 15.2 Å². The van der Waals surface area contributed by atoms with Crippen LogP contribution in [0, 0.1) is 0 Å². The molecule has 5 nitrogen and oxygen atoms in total. The van der Waals surface area contributed by atoms with Gasteiger partial charge in [0.15, 0.2) is 0 Å². The SMILES string of the molecule is CN(C(=O)c1ncc(Cl)cc1Cl)c1cn[nH]c1. The molecule has 88 valence electrons. The van der Waals surface area contributed by atoms with E-state index in [1.54, 1.807) is 13.2 Å². The van der Waals surface area contributed by atoms with Crippen LogP contribution in [0.2, 0.25) is 10.0 Å². The molecule has 17 heavy (non-hydrogen) atoms. The van der Waals surface area contributed by atoms with Gasteiger partial charge in [0.2, 0.25) is 0 Å². The number of aromatic nitrogens is 3. The van der Waals surface area contributed by atoms with E-state index in [0.717, 1.165) is 0 Å². The molecule has 0 bridgehead atoms. The number of carbonyl (C=O) groups excluding carboxylic acids is 1. The maximum Gasteiger partial charge on any atom is 0.278 e. The Morgan fingerprint density at radius 2 is 2.18 bits per heavy atom. The molecule has 2 rings (SSSR count). The van der Waals surface area contributed by atoms with E-state index in [-0.39, 0.29) is 16.6 Å². The zero-order valence-corrected chi connectivity index (χ0v) is 10.3. The van der Waals surface area contributed by atoms with Gasteiger partial charge in [-0.15, -0.1) is 0 Å². The van der Waals surface area contributed by atoms with Crippen molar-refractivity contribution in [3.63, 3.8) is 0 Å². The number of pyridine rings is 1. The normalized spacial score (nSPS) is 10.3. The Labute approximate surface area is 107 Å². The van der Waals surface area contributed by atoms with Gasteiger partial charge >= 0.3 is 0 Å². The molecule has 0 aliphatic carbocycles. The fourth-order valence-corrected chi connectivity index (χ4v) is 1.74. The predicted octanol–water partition coefficient (Wildman–Crippen LogP) is 2.39. The summed E-state index contributed by atoms with van der Waals surface area (Å²) in [6, 6.07) is 1.48. The van der Waals surface area contributed by atoms with Crippen molar-refractivity contribution in [3.8, 4) is 0 Å². The monoisotopic (exact) mass is 270 g/mol. The summed E-state index contributed by atoms with van der Waals surface area (Å²) in [5.41, 5.74) is 0.780. The van der Waals surface area contributed by atoms with Crippen LogP contribution >= 0.6 is 23.2 Å². The van der Waals surface area contributed by atoms with Crippen LogP contribution < -0.4 is 4.90 Å². The molecule has 7 heteroatoms. The molecule has 0 saturated heterocycles. The maximum absolute atomic E-state index is 12.1. The summed E-state index contributed by atoms with van der Waals surface area (Å²) >= 11 is 11.6. The van der Waals surface area contributed by atoms with Crippen molar-refractivity contribution in [2.75, 3.05) is 11.9 Å². The molecule has 1 N–H and O–H groups in total. The number of amides is 1. The number of hydrogen-bond donors (Lipinski definition) is 1. The van der Waals surface area contributed by atoms with E-state index in [0.29, 0.717) is 10.7 Å². The lowest BCUT2D eigenvalue weighted by Gasteiger charge is -2.14. The molecule has 0 atom stereocenters. The van der Waals surface area contributed by atoms with Gasteiger partial charge in [-0.05, 0) is 6.07 Å². The molecule has 0 unspecified atom stereocenters. The summed E-state index contributed by atoms with van der Waals surface area (Å²) in [4.78, 5) is 17.4. The van der Waals surface area contributed by atoms with Crippen molar-refractivity contribution >= 4 is 34.8 Å². The number of rotatable bonds is 2. The summed E-state index contributed by atoms with van der Waals surface area (Å²) < 4.78 is 0. The molecular weight excluding hydrogens is 263 g/mol. The van der Waals surface area contributed by atoms with Crippen molar-refractivity contribution in [1.82, 2.24) is 15.2 Å². The Bertz CT molecular complexity index is 541. The molecule has 2 aromatic rings. The number of carbonyl (C=O) groups is 1. The fourth-order valence-electron chi connectivity index (χ4n) is 1.28. The Hall–Kier alpha value is -1.59. The van der Waals surface area contributed by atoms with Gasteiger partial charge in [-0.3, -0.25) is 9.89 Å². The highest BCUT2D eigenvalue weighted by molar-refractivity contribution is 6.36. The average Bonchev–Trinajstić information content (AvgIpc) is 2.80. The molecule has 1 amide bonds. The minimum absolute atomic E-state index is 0.153. The van der Waals surface area contributed by atoms with Crippen LogP contribution in [0.15, 0.2) is 24.7 Å². The van der Waals surface area contributed by atoms with E-state index in [1.807, 2.05) is 0 Å². The molecule has 0 aliphatic heterocycles. The standard InChI is InChI=1S/C10H8Cl2N4O/c1-16(7-4-14-15-5-7)10(17)9-8(12)2-6(11)3-13-9/h2-5H,1H3,(H,14,15). The van der Waals surface area contributed by atoms with Gasteiger partial charge in [0.05, 0.1) is 21.9 Å². The van der Waals surface area contributed by atoms with Crippen LogP contribution in [0.4, 0.5) is 5.69 Å². The zero-order valence-electron chi connectivity index (χ0n) is 8.82. The highest BCUT2D eigenvalue weighted by Gasteiger charge is 2.18. The van der Waals surface area contributed by atoms with Crippen molar-refractivity contribution in [1.29, 1.82) is 0 Å². The van der Waals surface area contributed by atoms with Crippen LogP contribution in [-0.2, 0) is 0 Å².